The summed E-state index contributed by atoms with van der Waals surface area (Å²) in [4.78, 5) is 0. The molecule has 4 aromatic rings. The predicted octanol–water partition coefficient (Wildman–Crippen LogP) is 15.8. The van der Waals surface area contributed by atoms with Crippen molar-refractivity contribution in [1.82, 2.24) is 0 Å². The monoisotopic (exact) mass is 802 g/mol. The lowest BCUT2D eigenvalue weighted by atomic mass is 9.98. The third-order valence-electron chi connectivity index (χ3n) is 10.9. The Morgan fingerprint density at radius 1 is 0.464 bits per heavy atom. The zero-order valence-electron chi connectivity index (χ0n) is 36.1. The maximum absolute atomic E-state index is 6.91. The van der Waals surface area contributed by atoms with E-state index < -0.39 is 27.9 Å². The Kier molecular flexibility index (Phi) is 17.5. The average Bonchev–Trinajstić information content (AvgIpc) is 3.19. The Morgan fingerprint density at radius 3 is 1.09 bits per heavy atom. The molecular formula is C48H68O6P2. The van der Waals surface area contributed by atoms with Crippen molar-refractivity contribution in [2.75, 3.05) is 6.61 Å². The Morgan fingerprint density at radius 2 is 0.768 bits per heavy atom. The molecule has 0 aromatic heterocycles. The minimum atomic E-state index is -1.84. The van der Waals surface area contributed by atoms with Crippen LogP contribution in [0.25, 0.3) is 0 Å². The zero-order chi connectivity index (χ0) is 40.9. The molecule has 4 rings (SSSR count). The Hall–Kier alpha value is -3.14. The smallest absolute Gasteiger partial charge is 0.436 e. The maximum atomic E-state index is 6.91. The summed E-state index contributed by atoms with van der Waals surface area (Å²) in [6, 6.07) is 33.1. The van der Waals surface area contributed by atoms with E-state index in [-0.39, 0.29) is 0 Å². The van der Waals surface area contributed by atoms with Gasteiger partial charge >= 0.3 is 17.0 Å². The number of hydrogen-bond donors (Lipinski definition) is 0. The van der Waals surface area contributed by atoms with Gasteiger partial charge in [0.25, 0.3) is 0 Å². The van der Waals surface area contributed by atoms with Crippen LogP contribution in [0.4, 0.5) is 0 Å². The summed E-state index contributed by atoms with van der Waals surface area (Å²) in [5, 5.41) is -0.779. The van der Waals surface area contributed by atoms with E-state index in [1.807, 2.05) is 36.4 Å². The SMILES string of the molecule is CCC(C)c1ccccc1OP(Oc1ccccc1C(C)CC)OC(C)(C)CCOC(C)(C)P(Oc1ccccc1C(C)CC)Oc1ccccc1C(C)CC. The van der Waals surface area contributed by atoms with E-state index in [9.17, 15) is 0 Å². The van der Waals surface area contributed by atoms with Crippen molar-refractivity contribution < 1.29 is 27.4 Å². The van der Waals surface area contributed by atoms with Crippen LogP contribution in [0.15, 0.2) is 97.1 Å². The van der Waals surface area contributed by atoms with E-state index >= 15 is 0 Å². The fourth-order valence-corrected chi connectivity index (χ4v) is 8.87. The molecule has 0 aliphatic heterocycles. The Labute approximate surface area is 341 Å². The molecule has 4 atom stereocenters. The van der Waals surface area contributed by atoms with Crippen LogP contribution in [-0.4, -0.2) is 17.6 Å². The molecule has 4 aromatic carbocycles. The van der Waals surface area contributed by atoms with Crippen molar-refractivity contribution in [2.45, 2.75) is 150 Å². The van der Waals surface area contributed by atoms with Gasteiger partial charge in [-0.1, -0.05) is 128 Å². The lowest BCUT2D eigenvalue weighted by Crippen LogP contribution is -2.31. The van der Waals surface area contributed by atoms with Gasteiger partial charge in [-0.15, -0.1) is 0 Å². The average molecular weight is 803 g/mol. The lowest BCUT2D eigenvalue weighted by molar-refractivity contribution is -0.00340. The molecule has 8 heteroatoms. The van der Waals surface area contributed by atoms with Crippen LogP contribution in [-0.2, 0) is 9.26 Å². The highest BCUT2D eigenvalue weighted by Gasteiger charge is 2.40. The van der Waals surface area contributed by atoms with Gasteiger partial charge in [-0.25, -0.2) is 0 Å². The van der Waals surface area contributed by atoms with Gasteiger partial charge in [0.2, 0.25) is 0 Å². The van der Waals surface area contributed by atoms with Crippen molar-refractivity contribution in [3.8, 4) is 23.0 Å². The normalized spacial score (nSPS) is 15.3. The van der Waals surface area contributed by atoms with E-state index in [0.29, 0.717) is 36.7 Å². The van der Waals surface area contributed by atoms with Crippen LogP contribution in [0.3, 0.4) is 0 Å². The molecule has 306 valence electrons. The summed E-state index contributed by atoms with van der Waals surface area (Å²) in [6.45, 7) is 26.4. The third-order valence-corrected chi connectivity index (χ3v) is 13.9. The summed E-state index contributed by atoms with van der Waals surface area (Å²) < 4.78 is 40.9. The maximum Gasteiger partial charge on any atom is 0.463 e. The van der Waals surface area contributed by atoms with E-state index in [0.717, 1.165) is 59.8 Å². The first-order valence-corrected chi connectivity index (χ1v) is 23.0. The molecule has 0 N–H and O–H groups in total. The minimum absolute atomic E-state index is 0.327. The molecule has 0 radical (unpaired) electrons. The van der Waals surface area contributed by atoms with Gasteiger partial charge in [-0.2, -0.15) is 0 Å². The van der Waals surface area contributed by atoms with Gasteiger partial charge in [-0.05, 0) is 130 Å². The molecule has 0 aliphatic rings. The van der Waals surface area contributed by atoms with Crippen molar-refractivity contribution in [2.24, 2.45) is 0 Å². The number of ether oxygens (including phenoxy) is 1. The lowest BCUT2D eigenvalue weighted by Gasteiger charge is -2.35. The molecule has 4 unspecified atom stereocenters. The molecule has 0 fully saturated rings. The molecule has 56 heavy (non-hydrogen) atoms. The molecule has 0 amide bonds. The van der Waals surface area contributed by atoms with E-state index in [4.69, 9.17) is 27.4 Å². The van der Waals surface area contributed by atoms with Gasteiger partial charge in [0.05, 0.1) is 12.2 Å². The number of para-hydroxylation sites is 4. The number of hydrogen-bond acceptors (Lipinski definition) is 6. The quantitative estimate of drug-likeness (QED) is 0.0696. The van der Waals surface area contributed by atoms with E-state index in [1.54, 1.807) is 0 Å². The summed E-state index contributed by atoms with van der Waals surface area (Å²) in [5.41, 5.74) is 3.97. The van der Waals surface area contributed by atoms with Gasteiger partial charge < -0.3 is 22.8 Å². The Bertz CT molecular complexity index is 1670. The molecule has 0 aliphatic carbocycles. The van der Waals surface area contributed by atoms with Crippen LogP contribution >= 0.6 is 17.0 Å². The summed E-state index contributed by atoms with van der Waals surface area (Å²) in [6.07, 6.45) is 4.59. The molecule has 0 spiro atoms. The van der Waals surface area contributed by atoms with Gasteiger partial charge in [0.15, 0.2) is 5.34 Å². The number of benzene rings is 4. The fraction of sp³-hybridized carbons (Fsp3) is 0.500. The predicted molar refractivity (Wildman–Crippen MR) is 237 cm³/mol. The highest BCUT2D eigenvalue weighted by atomic mass is 31.2. The molecular weight excluding hydrogens is 734 g/mol. The van der Waals surface area contributed by atoms with Crippen molar-refractivity contribution >= 4 is 17.0 Å². The Balaban J connectivity index is 1.59. The summed E-state index contributed by atoms with van der Waals surface area (Å²) in [5.74, 6) is 4.58. The third kappa shape index (κ3) is 12.7. The second-order valence-corrected chi connectivity index (χ2v) is 19.1. The number of rotatable bonds is 23. The zero-order valence-corrected chi connectivity index (χ0v) is 37.9. The van der Waals surface area contributed by atoms with Crippen LogP contribution in [0.1, 0.15) is 161 Å². The van der Waals surface area contributed by atoms with Crippen LogP contribution in [0.5, 0.6) is 23.0 Å². The topological polar surface area (TPSA) is 55.4 Å². The highest BCUT2D eigenvalue weighted by molar-refractivity contribution is 7.49. The van der Waals surface area contributed by atoms with Gasteiger partial charge in [0, 0.05) is 0 Å². The van der Waals surface area contributed by atoms with E-state index in [1.165, 1.54) is 11.1 Å². The van der Waals surface area contributed by atoms with Crippen molar-refractivity contribution in [3.63, 3.8) is 0 Å². The van der Waals surface area contributed by atoms with Gasteiger partial charge in [-0.3, -0.25) is 4.52 Å². The van der Waals surface area contributed by atoms with Crippen LogP contribution in [0, 0.1) is 0 Å². The van der Waals surface area contributed by atoms with E-state index in [2.05, 4.69) is 144 Å². The largest absolute Gasteiger partial charge is 0.463 e. The standard InChI is InChI=1S/C48H68O6P2/c1-13-35(5)39-25-17-21-29-43(39)50-55(51-44-30-22-18-26-40(44)36(6)14-2)48(11,12)49-34-33-47(9,10)54-56(52-45-31-23-19-27-41(45)37(7)15-3)53-46-32-24-20-28-42(46)38(8)16-4/h17-32,35-38H,13-16,33-34H2,1-12H3. The second-order valence-electron chi connectivity index (χ2n) is 16.1. The molecule has 0 heterocycles. The summed E-state index contributed by atoms with van der Waals surface area (Å²) >= 11 is 0. The fourth-order valence-electron chi connectivity index (χ4n) is 6.24. The van der Waals surface area contributed by atoms with Crippen molar-refractivity contribution in [1.29, 1.82) is 0 Å². The highest BCUT2D eigenvalue weighted by Crippen LogP contribution is 2.55. The first-order chi connectivity index (χ1) is 26.7. The molecule has 6 nitrogen and oxygen atoms in total. The molecule has 0 bridgehead atoms. The minimum Gasteiger partial charge on any atom is -0.436 e. The van der Waals surface area contributed by atoms with Crippen molar-refractivity contribution in [3.05, 3.63) is 119 Å². The first kappa shape index (κ1) is 45.6. The molecule has 0 saturated heterocycles. The van der Waals surface area contributed by atoms with Crippen LogP contribution < -0.4 is 18.1 Å². The van der Waals surface area contributed by atoms with Gasteiger partial charge in [0.1, 0.15) is 23.0 Å². The summed E-state index contributed by atoms with van der Waals surface area (Å²) in [7, 11) is -3.45. The van der Waals surface area contributed by atoms with Crippen LogP contribution in [0.2, 0.25) is 0 Å². The molecule has 0 saturated carbocycles. The second kappa shape index (κ2) is 21.6. The first-order valence-electron chi connectivity index (χ1n) is 20.7.